The normalized spacial score (nSPS) is 41.5. The Labute approximate surface area is 75.1 Å². The minimum atomic E-state index is -1.37. The molecular formula is C7H11ClO4. The van der Waals surface area contributed by atoms with Crippen LogP contribution in [0.15, 0.2) is 0 Å². The molecule has 0 aromatic heterocycles. The van der Waals surface area contributed by atoms with E-state index in [0.717, 1.165) is 0 Å². The summed E-state index contributed by atoms with van der Waals surface area (Å²) >= 11 is 5.79. The predicted molar refractivity (Wildman–Crippen MR) is 41.8 cm³/mol. The van der Waals surface area contributed by atoms with Gasteiger partial charge in [0.25, 0.3) is 0 Å². The van der Waals surface area contributed by atoms with Gasteiger partial charge < -0.3 is 14.9 Å². The van der Waals surface area contributed by atoms with E-state index in [1.807, 2.05) is 0 Å². The first-order valence-electron chi connectivity index (χ1n) is 3.75. The molecule has 0 unspecified atom stereocenters. The minimum absolute atomic E-state index is 0.283. The fourth-order valence-corrected chi connectivity index (χ4v) is 1.39. The number of rotatable bonds is 2. The first kappa shape index (κ1) is 9.77. The Morgan fingerprint density at radius 1 is 1.75 bits per heavy atom. The maximum Gasteiger partial charge on any atom is 0.330 e. The highest BCUT2D eigenvalue weighted by Gasteiger charge is 2.54. The maximum atomic E-state index is 11.1. The van der Waals surface area contributed by atoms with Crippen LogP contribution >= 0.6 is 11.6 Å². The van der Waals surface area contributed by atoms with Crippen LogP contribution in [0.4, 0.5) is 0 Å². The van der Waals surface area contributed by atoms with Crippen LogP contribution < -0.4 is 0 Å². The molecule has 12 heavy (non-hydrogen) atoms. The van der Waals surface area contributed by atoms with E-state index in [0.29, 0.717) is 0 Å². The number of aliphatic hydroxyl groups excluding tert-OH is 2. The van der Waals surface area contributed by atoms with Gasteiger partial charge in [0.05, 0.1) is 6.61 Å². The molecule has 4 nitrogen and oxygen atoms in total. The number of alkyl halides is 1. The van der Waals surface area contributed by atoms with E-state index >= 15 is 0 Å². The van der Waals surface area contributed by atoms with Gasteiger partial charge in [-0.15, -0.1) is 11.6 Å². The van der Waals surface area contributed by atoms with Crippen LogP contribution in [0.5, 0.6) is 0 Å². The number of cyclic esters (lactones) is 1. The van der Waals surface area contributed by atoms with Crippen LogP contribution in [-0.4, -0.2) is 39.9 Å². The van der Waals surface area contributed by atoms with E-state index in [1.165, 1.54) is 0 Å². The van der Waals surface area contributed by atoms with Crippen LogP contribution in [0, 0.1) is 0 Å². The summed E-state index contributed by atoms with van der Waals surface area (Å²) in [4.78, 5) is 9.71. The molecular weight excluding hydrogens is 184 g/mol. The zero-order chi connectivity index (χ0) is 9.35. The summed E-state index contributed by atoms with van der Waals surface area (Å²) in [5, 5.41) is 18.1. The monoisotopic (exact) mass is 194 g/mol. The fourth-order valence-electron chi connectivity index (χ4n) is 1.21. The van der Waals surface area contributed by atoms with E-state index in [9.17, 15) is 9.90 Å². The molecule has 0 aliphatic carbocycles. The topological polar surface area (TPSA) is 66.8 Å². The largest absolute Gasteiger partial charge is 0.456 e. The highest BCUT2D eigenvalue weighted by atomic mass is 35.5. The lowest BCUT2D eigenvalue weighted by Crippen LogP contribution is -2.41. The fraction of sp³-hybridized carbons (Fsp3) is 0.857. The van der Waals surface area contributed by atoms with Gasteiger partial charge in [-0.25, -0.2) is 0 Å². The molecule has 1 fully saturated rings. The van der Waals surface area contributed by atoms with Gasteiger partial charge in [0.1, 0.15) is 6.10 Å². The average Bonchev–Trinajstić information content (AvgIpc) is 2.30. The van der Waals surface area contributed by atoms with Crippen LogP contribution in [-0.2, 0) is 9.53 Å². The van der Waals surface area contributed by atoms with E-state index in [1.54, 1.807) is 6.92 Å². The first-order chi connectivity index (χ1) is 5.56. The molecule has 1 saturated heterocycles. The number of halogens is 1. The van der Waals surface area contributed by atoms with Crippen molar-refractivity contribution in [2.24, 2.45) is 0 Å². The lowest BCUT2D eigenvalue weighted by Gasteiger charge is -2.19. The number of carbonyl (C=O) groups is 1. The number of aliphatic hydroxyl groups is 2. The second-order valence-corrected chi connectivity index (χ2v) is 3.46. The zero-order valence-corrected chi connectivity index (χ0v) is 7.41. The first-order valence-corrected chi connectivity index (χ1v) is 4.13. The lowest BCUT2D eigenvalue weighted by atomic mass is 9.98. The van der Waals surface area contributed by atoms with Crippen molar-refractivity contribution in [3.8, 4) is 0 Å². The maximum absolute atomic E-state index is 11.1. The van der Waals surface area contributed by atoms with Crippen molar-refractivity contribution in [1.82, 2.24) is 0 Å². The number of hydrogen-bond acceptors (Lipinski definition) is 4. The molecule has 0 radical (unpaired) electrons. The average molecular weight is 195 g/mol. The van der Waals surface area contributed by atoms with Gasteiger partial charge in [-0.1, -0.05) is 6.92 Å². The zero-order valence-electron chi connectivity index (χ0n) is 6.66. The summed E-state index contributed by atoms with van der Waals surface area (Å²) in [6, 6.07) is 0. The summed E-state index contributed by atoms with van der Waals surface area (Å²) in [5.74, 6) is -0.654. The van der Waals surface area contributed by atoms with Gasteiger partial charge in [0.15, 0.2) is 11.0 Å². The molecule has 5 heteroatoms. The molecule has 0 aromatic carbocycles. The molecule has 1 rings (SSSR count). The van der Waals surface area contributed by atoms with Gasteiger partial charge in [0, 0.05) is 0 Å². The van der Waals surface area contributed by atoms with Gasteiger partial charge in [0.2, 0.25) is 0 Å². The number of hydrogen-bond donors (Lipinski definition) is 2. The second kappa shape index (κ2) is 3.20. The van der Waals surface area contributed by atoms with Crippen molar-refractivity contribution in [2.75, 3.05) is 6.61 Å². The van der Waals surface area contributed by atoms with Crippen molar-refractivity contribution in [1.29, 1.82) is 0 Å². The molecule has 2 N–H and O–H groups in total. The van der Waals surface area contributed by atoms with Crippen molar-refractivity contribution < 1.29 is 19.7 Å². The Hall–Kier alpha value is -0.320. The van der Waals surface area contributed by atoms with Gasteiger partial charge >= 0.3 is 5.97 Å². The SMILES string of the molecule is CC[C@]1(Cl)C(=O)O[C@H](CO)[C@H]1O. The molecule has 0 bridgehead atoms. The summed E-state index contributed by atoms with van der Waals surface area (Å²) < 4.78 is 4.66. The summed E-state index contributed by atoms with van der Waals surface area (Å²) in [6.45, 7) is 1.28. The Morgan fingerprint density at radius 2 is 2.33 bits per heavy atom. The molecule has 0 aromatic rings. The molecule has 0 saturated carbocycles. The predicted octanol–water partition coefficient (Wildman–Crippen LogP) is -0.347. The van der Waals surface area contributed by atoms with Crippen molar-refractivity contribution in [2.45, 2.75) is 30.4 Å². The Morgan fingerprint density at radius 3 is 2.58 bits per heavy atom. The van der Waals surface area contributed by atoms with Crippen molar-refractivity contribution >= 4 is 17.6 Å². The van der Waals surface area contributed by atoms with Gasteiger partial charge in [-0.2, -0.15) is 0 Å². The molecule has 1 aliphatic rings. The third-order valence-electron chi connectivity index (χ3n) is 2.11. The molecule has 1 aliphatic heterocycles. The highest BCUT2D eigenvalue weighted by Crippen LogP contribution is 2.35. The molecule has 70 valence electrons. The van der Waals surface area contributed by atoms with Crippen molar-refractivity contribution in [3.63, 3.8) is 0 Å². The van der Waals surface area contributed by atoms with E-state index in [-0.39, 0.29) is 6.42 Å². The number of carbonyl (C=O) groups excluding carboxylic acids is 1. The number of esters is 1. The molecule has 0 amide bonds. The summed E-state index contributed by atoms with van der Waals surface area (Å²) in [5.41, 5.74) is 0. The van der Waals surface area contributed by atoms with Crippen LogP contribution in [0.25, 0.3) is 0 Å². The van der Waals surface area contributed by atoms with Crippen LogP contribution in [0.1, 0.15) is 13.3 Å². The molecule has 3 atom stereocenters. The van der Waals surface area contributed by atoms with E-state index in [4.69, 9.17) is 16.7 Å². The van der Waals surface area contributed by atoms with Crippen LogP contribution in [0.2, 0.25) is 0 Å². The second-order valence-electron chi connectivity index (χ2n) is 2.79. The standard InChI is InChI=1S/C7H11ClO4/c1-2-7(8)5(10)4(3-9)12-6(7)11/h4-5,9-10H,2-3H2,1H3/t4-,5-,7-/m1/s1. The molecule has 0 spiro atoms. The number of ether oxygens (including phenoxy) is 1. The molecule has 1 heterocycles. The third-order valence-corrected chi connectivity index (χ3v) is 2.76. The minimum Gasteiger partial charge on any atom is -0.456 e. The van der Waals surface area contributed by atoms with Crippen LogP contribution in [0.3, 0.4) is 0 Å². The Bertz CT molecular complexity index is 196. The quantitative estimate of drug-likeness (QED) is 0.466. The lowest BCUT2D eigenvalue weighted by molar-refractivity contribution is -0.144. The third kappa shape index (κ3) is 1.20. The van der Waals surface area contributed by atoms with Gasteiger partial charge in [-0.05, 0) is 6.42 Å². The smallest absolute Gasteiger partial charge is 0.330 e. The van der Waals surface area contributed by atoms with E-state index in [2.05, 4.69) is 4.74 Å². The Kier molecular flexibility index (Phi) is 2.61. The Balaban J connectivity index is 2.83. The van der Waals surface area contributed by atoms with Gasteiger partial charge in [-0.3, -0.25) is 4.79 Å². The van der Waals surface area contributed by atoms with Crippen molar-refractivity contribution in [3.05, 3.63) is 0 Å². The summed E-state index contributed by atoms with van der Waals surface area (Å²) in [7, 11) is 0. The highest BCUT2D eigenvalue weighted by molar-refractivity contribution is 6.35. The summed E-state index contributed by atoms with van der Waals surface area (Å²) in [6.07, 6.45) is -1.72. The van der Waals surface area contributed by atoms with E-state index < -0.39 is 29.7 Å².